The number of para-hydroxylation sites is 1. The van der Waals surface area contributed by atoms with Gasteiger partial charge in [-0.05, 0) is 26.0 Å². The summed E-state index contributed by atoms with van der Waals surface area (Å²) in [5.41, 5.74) is 0.483. The Hall–Kier alpha value is -2.83. The first kappa shape index (κ1) is 15.6. The molecule has 7 nitrogen and oxygen atoms in total. The van der Waals surface area contributed by atoms with Gasteiger partial charge in [-0.3, -0.25) is 4.79 Å². The standard InChI is InChI=1S/C15H15NO6/c1-3-20-14(18)12-11(16-13(17)15(19)21-4-2)9-7-5-6-8-10(9)22-12/h5-8H,3-4H2,1-2H3,(H,16,17). The van der Waals surface area contributed by atoms with Crippen molar-refractivity contribution in [1.29, 1.82) is 0 Å². The van der Waals surface area contributed by atoms with E-state index in [1.807, 2.05) is 0 Å². The molecule has 0 radical (unpaired) electrons. The third-order valence-electron chi connectivity index (χ3n) is 2.76. The molecule has 0 atom stereocenters. The van der Waals surface area contributed by atoms with Gasteiger partial charge in [0.15, 0.2) is 0 Å². The van der Waals surface area contributed by atoms with E-state index in [4.69, 9.17) is 9.15 Å². The van der Waals surface area contributed by atoms with Gasteiger partial charge in [-0.15, -0.1) is 0 Å². The van der Waals surface area contributed by atoms with Gasteiger partial charge in [0.25, 0.3) is 0 Å². The van der Waals surface area contributed by atoms with Crippen LogP contribution in [0.25, 0.3) is 11.0 Å². The number of ether oxygens (including phenoxy) is 2. The lowest BCUT2D eigenvalue weighted by Crippen LogP contribution is -2.25. The Kier molecular flexibility index (Phi) is 4.77. The molecule has 7 heteroatoms. The minimum absolute atomic E-state index is 0.0725. The Morgan fingerprint density at radius 1 is 1.09 bits per heavy atom. The molecule has 0 saturated carbocycles. The van der Waals surface area contributed by atoms with Crippen molar-refractivity contribution in [3.8, 4) is 0 Å². The summed E-state index contributed by atoms with van der Waals surface area (Å²) in [5, 5.41) is 2.84. The lowest BCUT2D eigenvalue weighted by Gasteiger charge is -2.05. The van der Waals surface area contributed by atoms with Crippen LogP contribution in [0.4, 0.5) is 5.69 Å². The molecule has 0 aliphatic heterocycles. The first-order chi connectivity index (χ1) is 10.6. The van der Waals surface area contributed by atoms with Crippen LogP contribution in [0.15, 0.2) is 28.7 Å². The van der Waals surface area contributed by atoms with Gasteiger partial charge in [0.1, 0.15) is 11.3 Å². The van der Waals surface area contributed by atoms with Gasteiger partial charge in [0.2, 0.25) is 5.76 Å². The van der Waals surface area contributed by atoms with Crippen LogP contribution in [0.2, 0.25) is 0 Å². The Labute approximate surface area is 126 Å². The second-order valence-corrected chi connectivity index (χ2v) is 4.20. The van der Waals surface area contributed by atoms with E-state index in [0.29, 0.717) is 11.0 Å². The Balaban J connectivity index is 2.41. The number of benzene rings is 1. The smallest absolute Gasteiger partial charge is 0.397 e. The molecule has 22 heavy (non-hydrogen) atoms. The van der Waals surface area contributed by atoms with Gasteiger partial charge in [-0.25, -0.2) is 9.59 Å². The zero-order valence-electron chi connectivity index (χ0n) is 12.2. The Morgan fingerprint density at radius 2 is 1.77 bits per heavy atom. The largest absolute Gasteiger partial charge is 0.460 e. The molecule has 0 aliphatic rings. The Bertz CT molecular complexity index is 718. The normalized spacial score (nSPS) is 10.3. The van der Waals surface area contributed by atoms with E-state index in [1.165, 1.54) is 0 Å². The maximum Gasteiger partial charge on any atom is 0.397 e. The van der Waals surface area contributed by atoms with E-state index in [1.54, 1.807) is 38.1 Å². The molecule has 0 spiro atoms. The number of fused-ring (bicyclic) bond motifs is 1. The van der Waals surface area contributed by atoms with Crippen molar-refractivity contribution in [1.82, 2.24) is 0 Å². The highest BCUT2D eigenvalue weighted by Gasteiger charge is 2.25. The van der Waals surface area contributed by atoms with E-state index < -0.39 is 17.8 Å². The van der Waals surface area contributed by atoms with Crippen LogP contribution in [-0.4, -0.2) is 31.1 Å². The molecule has 0 aliphatic carbocycles. The third-order valence-corrected chi connectivity index (χ3v) is 2.76. The van der Waals surface area contributed by atoms with Crippen LogP contribution >= 0.6 is 0 Å². The predicted octanol–water partition coefficient (Wildman–Crippen LogP) is 2.11. The van der Waals surface area contributed by atoms with E-state index >= 15 is 0 Å². The number of esters is 2. The van der Waals surface area contributed by atoms with Crippen LogP contribution < -0.4 is 5.32 Å². The van der Waals surface area contributed by atoms with Gasteiger partial charge in [-0.2, -0.15) is 0 Å². The average molecular weight is 305 g/mol. The van der Waals surface area contributed by atoms with Gasteiger partial charge >= 0.3 is 17.8 Å². The molecule has 116 valence electrons. The van der Waals surface area contributed by atoms with Crippen LogP contribution in [-0.2, 0) is 19.1 Å². The molecule has 2 aromatic rings. The second-order valence-electron chi connectivity index (χ2n) is 4.20. The fourth-order valence-electron chi connectivity index (χ4n) is 1.87. The monoisotopic (exact) mass is 305 g/mol. The number of amides is 1. The fraction of sp³-hybridized carbons (Fsp3) is 0.267. The first-order valence-electron chi connectivity index (χ1n) is 6.75. The molecule has 0 saturated heterocycles. The molecular weight excluding hydrogens is 290 g/mol. The fourth-order valence-corrected chi connectivity index (χ4v) is 1.87. The zero-order valence-corrected chi connectivity index (χ0v) is 12.2. The quantitative estimate of drug-likeness (QED) is 0.686. The van der Waals surface area contributed by atoms with Crippen LogP contribution in [0.1, 0.15) is 24.4 Å². The maximum atomic E-state index is 11.9. The lowest BCUT2D eigenvalue weighted by molar-refractivity contribution is -0.152. The highest BCUT2D eigenvalue weighted by atomic mass is 16.5. The number of hydrogen-bond acceptors (Lipinski definition) is 6. The van der Waals surface area contributed by atoms with Crippen molar-refractivity contribution < 1.29 is 28.3 Å². The van der Waals surface area contributed by atoms with Crippen molar-refractivity contribution in [2.24, 2.45) is 0 Å². The molecule has 2 rings (SSSR count). The van der Waals surface area contributed by atoms with Crippen LogP contribution in [0.5, 0.6) is 0 Å². The third kappa shape index (κ3) is 3.08. The molecule has 0 fully saturated rings. The lowest BCUT2D eigenvalue weighted by atomic mass is 10.2. The molecule has 1 aromatic carbocycles. The van der Waals surface area contributed by atoms with Gasteiger partial charge in [0.05, 0.1) is 13.2 Å². The van der Waals surface area contributed by atoms with Crippen molar-refractivity contribution in [2.75, 3.05) is 18.5 Å². The maximum absolute atomic E-state index is 11.9. The van der Waals surface area contributed by atoms with E-state index in [-0.39, 0.29) is 24.7 Å². The summed E-state index contributed by atoms with van der Waals surface area (Å²) in [6, 6.07) is 6.73. The molecule has 0 unspecified atom stereocenters. The SMILES string of the molecule is CCOC(=O)C(=O)Nc1c(C(=O)OCC)oc2ccccc12. The van der Waals surface area contributed by atoms with Gasteiger partial charge < -0.3 is 19.2 Å². The Morgan fingerprint density at radius 3 is 2.45 bits per heavy atom. The molecule has 0 bridgehead atoms. The van der Waals surface area contributed by atoms with Crippen LogP contribution in [0, 0.1) is 0 Å². The number of rotatable bonds is 4. The first-order valence-corrected chi connectivity index (χ1v) is 6.75. The highest BCUT2D eigenvalue weighted by molar-refractivity contribution is 6.38. The molecule has 1 N–H and O–H groups in total. The molecule has 1 amide bonds. The topological polar surface area (TPSA) is 94.8 Å². The summed E-state index contributed by atoms with van der Waals surface area (Å²) in [5.74, 6) is -2.92. The number of nitrogens with one attached hydrogen (secondary N) is 1. The second kappa shape index (κ2) is 6.75. The van der Waals surface area contributed by atoms with E-state index in [2.05, 4.69) is 10.1 Å². The number of furan rings is 1. The number of hydrogen-bond donors (Lipinski definition) is 1. The molecule has 1 aromatic heterocycles. The van der Waals surface area contributed by atoms with Crippen molar-refractivity contribution >= 4 is 34.5 Å². The van der Waals surface area contributed by atoms with E-state index in [9.17, 15) is 14.4 Å². The van der Waals surface area contributed by atoms with Gasteiger partial charge in [-0.1, -0.05) is 12.1 Å². The number of anilines is 1. The van der Waals surface area contributed by atoms with Crippen molar-refractivity contribution in [3.05, 3.63) is 30.0 Å². The number of carbonyl (C=O) groups is 3. The number of carbonyl (C=O) groups excluding carboxylic acids is 3. The predicted molar refractivity (Wildman–Crippen MR) is 77.4 cm³/mol. The summed E-state index contributed by atoms with van der Waals surface area (Å²) in [6.07, 6.45) is 0. The van der Waals surface area contributed by atoms with Crippen molar-refractivity contribution in [3.63, 3.8) is 0 Å². The molecule has 1 heterocycles. The zero-order chi connectivity index (χ0) is 16.1. The molecular formula is C15H15NO6. The van der Waals surface area contributed by atoms with Gasteiger partial charge in [0, 0.05) is 5.39 Å². The summed E-state index contributed by atoms with van der Waals surface area (Å²) < 4.78 is 14.9. The summed E-state index contributed by atoms with van der Waals surface area (Å²) in [7, 11) is 0. The summed E-state index contributed by atoms with van der Waals surface area (Å²) >= 11 is 0. The summed E-state index contributed by atoms with van der Waals surface area (Å²) in [4.78, 5) is 35.2. The minimum atomic E-state index is -1.04. The van der Waals surface area contributed by atoms with E-state index in [0.717, 1.165) is 0 Å². The highest BCUT2D eigenvalue weighted by Crippen LogP contribution is 2.31. The average Bonchev–Trinajstić information content (AvgIpc) is 2.87. The minimum Gasteiger partial charge on any atom is -0.460 e. The van der Waals surface area contributed by atoms with Crippen molar-refractivity contribution in [2.45, 2.75) is 13.8 Å². The van der Waals surface area contributed by atoms with Crippen LogP contribution in [0.3, 0.4) is 0 Å². The summed E-state index contributed by atoms with van der Waals surface area (Å²) in [6.45, 7) is 3.46.